The SMILES string of the molecule is Cc1cc(=O)c(O)c(C(=O)Nc2cnc3ccccc3c2)o1. The summed E-state index contributed by atoms with van der Waals surface area (Å²) in [5.74, 6) is -1.60. The molecular formula is C16H12N2O4. The Hall–Kier alpha value is -3.15. The lowest BCUT2D eigenvalue weighted by atomic mass is 10.2. The molecule has 3 aromatic rings. The predicted octanol–water partition coefficient (Wildman–Crippen LogP) is 2.45. The number of aryl methyl sites for hydroxylation is 1. The molecule has 1 amide bonds. The molecule has 0 fully saturated rings. The number of pyridine rings is 1. The van der Waals surface area contributed by atoms with E-state index in [1.807, 2.05) is 24.3 Å². The number of aromatic nitrogens is 1. The third-order valence-corrected chi connectivity index (χ3v) is 3.10. The molecule has 22 heavy (non-hydrogen) atoms. The van der Waals surface area contributed by atoms with Gasteiger partial charge >= 0.3 is 0 Å². The standard InChI is InChI=1S/C16H12N2O4/c1-9-6-13(19)14(20)15(22-9)16(21)18-11-7-10-4-2-3-5-12(10)17-8-11/h2-8,20H,1H3,(H,18,21). The molecule has 0 saturated heterocycles. The molecule has 6 heteroatoms. The van der Waals surface area contributed by atoms with E-state index in [9.17, 15) is 14.7 Å². The van der Waals surface area contributed by atoms with Crippen molar-refractivity contribution >= 4 is 22.5 Å². The van der Waals surface area contributed by atoms with E-state index in [4.69, 9.17) is 4.42 Å². The third-order valence-electron chi connectivity index (χ3n) is 3.10. The van der Waals surface area contributed by atoms with Gasteiger partial charge in [0.15, 0.2) is 0 Å². The highest BCUT2D eigenvalue weighted by Gasteiger charge is 2.18. The van der Waals surface area contributed by atoms with E-state index in [0.29, 0.717) is 5.69 Å². The molecule has 0 aliphatic rings. The number of nitrogens with zero attached hydrogens (tertiary/aromatic N) is 1. The Labute approximate surface area is 125 Å². The van der Waals surface area contributed by atoms with Crippen molar-refractivity contribution in [1.29, 1.82) is 0 Å². The molecule has 0 aliphatic carbocycles. The summed E-state index contributed by atoms with van der Waals surface area (Å²) in [6.07, 6.45) is 1.49. The van der Waals surface area contributed by atoms with Crippen LogP contribution in [0.2, 0.25) is 0 Å². The molecule has 2 aromatic heterocycles. The summed E-state index contributed by atoms with van der Waals surface area (Å²) in [4.78, 5) is 27.8. The first kappa shape index (κ1) is 13.8. The van der Waals surface area contributed by atoms with Gasteiger partial charge in [0.05, 0.1) is 17.4 Å². The Morgan fingerprint density at radius 2 is 2.05 bits per heavy atom. The number of carbonyl (C=O) groups is 1. The number of fused-ring (bicyclic) bond motifs is 1. The van der Waals surface area contributed by atoms with Gasteiger partial charge in [0.25, 0.3) is 5.91 Å². The molecule has 0 bridgehead atoms. The minimum absolute atomic E-state index is 0.240. The van der Waals surface area contributed by atoms with Crippen LogP contribution in [0.25, 0.3) is 10.9 Å². The lowest BCUT2D eigenvalue weighted by Gasteiger charge is -2.07. The highest BCUT2D eigenvalue weighted by molar-refractivity contribution is 6.04. The number of carbonyl (C=O) groups excluding carboxylic acids is 1. The fourth-order valence-corrected chi connectivity index (χ4v) is 2.08. The molecule has 110 valence electrons. The number of aromatic hydroxyl groups is 1. The topological polar surface area (TPSA) is 92.4 Å². The minimum atomic E-state index is -0.713. The summed E-state index contributed by atoms with van der Waals surface area (Å²) >= 11 is 0. The summed E-state index contributed by atoms with van der Waals surface area (Å²) in [7, 11) is 0. The summed E-state index contributed by atoms with van der Waals surface area (Å²) in [6, 6.07) is 10.3. The Morgan fingerprint density at radius 1 is 1.27 bits per heavy atom. The van der Waals surface area contributed by atoms with Crippen molar-refractivity contribution in [3.05, 3.63) is 64.3 Å². The Morgan fingerprint density at radius 3 is 2.86 bits per heavy atom. The van der Waals surface area contributed by atoms with Gasteiger partial charge in [0.2, 0.25) is 16.9 Å². The monoisotopic (exact) mass is 296 g/mol. The average molecular weight is 296 g/mol. The van der Waals surface area contributed by atoms with Crippen molar-refractivity contribution in [3.63, 3.8) is 0 Å². The van der Waals surface area contributed by atoms with E-state index in [2.05, 4.69) is 10.3 Å². The second-order valence-corrected chi connectivity index (χ2v) is 4.77. The molecule has 1 aromatic carbocycles. The van der Waals surface area contributed by atoms with Crippen molar-refractivity contribution in [1.82, 2.24) is 4.98 Å². The zero-order valence-electron chi connectivity index (χ0n) is 11.7. The maximum Gasteiger partial charge on any atom is 0.295 e. The third kappa shape index (κ3) is 2.54. The average Bonchev–Trinajstić information content (AvgIpc) is 2.50. The van der Waals surface area contributed by atoms with Crippen LogP contribution < -0.4 is 10.7 Å². The van der Waals surface area contributed by atoms with Gasteiger partial charge in [-0.25, -0.2) is 0 Å². The van der Waals surface area contributed by atoms with E-state index < -0.39 is 22.8 Å². The predicted molar refractivity (Wildman–Crippen MR) is 81.1 cm³/mol. The van der Waals surface area contributed by atoms with Gasteiger partial charge in [-0.2, -0.15) is 0 Å². The van der Waals surface area contributed by atoms with Crippen LogP contribution in [0.5, 0.6) is 5.75 Å². The molecule has 0 unspecified atom stereocenters. The van der Waals surface area contributed by atoms with Crippen LogP contribution in [0, 0.1) is 6.92 Å². The van der Waals surface area contributed by atoms with Gasteiger partial charge < -0.3 is 14.8 Å². The lowest BCUT2D eigenvalue weighted by molar-refractivity contribution is 0.0988. The van der Waals surface area contributed by atoms with Crippen LogP contribution in [-0.2, 0) is 0 Å². The maximum atomic E-state index is 12.1. The van der Waals surface area contributed by atoms with Crippen molar-refractivity contribution in [2.45, 2.75) is 6.92 Å². The van der Waals surface area contributed by atoms with Crippen LogP contribution in [-0.4, -0.2) is 16.0 Å². The van der Waals surface area contributed by atoms with E-state index in [1.54, 1.807) is 6.07 Å². The van der Waals surface area contributed by atoms with E-state index in [1.165, 1.54) is 13.1 Å². The van der Waals surface area contributed by atoms with Gasteiger partial charge in [-0.3, -0.25) is 14.6 Å². The largest absolute Gasteiger partial charge is 0.501 e. The van der Waals surface area contributed by atoms with Gasteiger partial charge in [0, 0.05) is 11.5 Å². The van der Waals surface area contributed by atoms with Crippen LogP contribution in [0.4, 0.5) is 5.69 Å². The number of para-hydroxylation sites is 1. The number of anilines is 1. The summed E-state index contributed by atoms with van der Waals surface area (Å²) < 4.78 is 5.13. The minimum Gasteiger partial charge on any atom is -0.501 e. The summed E-state index contributed by atoms with van der Waals surface area (Å²) in [6.45, 7) is 1.52. The molecule has 0 saturated carbocycles. The second kappa shape index (κ2) is 5.33. The highest BCUT2D eigenvalue weighted by Crippen LogP contribution is 2.19. The van der Waals surface area contributed by atoms with Crippen molar-refractivity contribution in [3.8, 4) is 5.75 Å². The normalized spacial score (nSPS) is 10.6. The van der Waals surface area contributed by atoms with Crippen molar-refractivity contribution in [2.75, 3.05) is 5.32 Å². The van der Waals surface area contributed by atoms with E-state index in [-0.39, 0.29) is 5.76 Å². The molecule has 2 heterocycles. The van der Waals surface area contributed by atoms with Crippen molar-refractivity contribution in [2.24, 2.45) is 0 Å². The van der Waals surface area contributed by atoms with Crippen molar-refractivity contribution < 1.29 is 14.3 Å². The van der Waals surface area contributed by atoms with Gasteiger partial charge in [-0.15, -0.1) is 0 Å². The second-order valence-electron chi connectivity index (χ2n) is 4.77. The fourth-order valence-electron chi connectivity index (χ4n) is 2.08. The number of amides is 1. The first-order valence-electron chi connectivity index (χ1n) is 6.54. The Bertz CT molecular complexity index is 931. The van der Waals surface area contributed by atoms with Gasteiger partial charge in [-0.05, 0) is 19.1 Å². The highest BCUT2D eigenvalue weighted by atomic mass is 16.4. The first-order chi connectivity index (χ1) is 10.5. The molecule has 2 N–H and O–H groups in total. The van der Waals surface area contributed by atoms with Crippen LogP contribution in [0.3, 0.4) is 0 Å². The molecule has 6 nitrogen and oxygen atoms in total. The number of nitrogens with one attached hydrogen (secondary N) is 1. The summed E-state index contributed by atoms with van der Waals surface area (Å²) in [5.41, 5.74) is 0.572. The lowest BCUT2D eigenvalue weighted by Crippen LogP contribution is -2.15. The Balaban J connectivity index is 1.94. The number of hydrogen-bond donors (Lipinski definition) is 2. The zero-order chi connectivity index (χ0) is 15.7. The maximum absolute atomic E-state index is 12.1. The molecule has 0 aliphatic heterocycles. The van der Waals surface area contributed by atoms with E-state index >= 15 is 0 Å². The number of hydrogen-bond acceptors (Lipinski definition) is 5. The van der Waals surface area contributed by atoms with Crippen LogP contribution in [0.1, 0.15) is 16.3 Å². The Kier molecular flexibility index (Phi) is 3.34. The number of rotatable bonds is 2. The molecular weight excluding hydrogens is 284 g/mol. The quantitative estimate of drug-likeness (QED) is 0.757. The van der Waals surface area contributed by atoms with E-state index in [0.717, 1.165) is 17.0 Å². The molecule has 0 spiro atoms. The van der Waals surface area contributed by atoms with Crippen LogP contribution in [0.15, 0.2) is 51.8 Å². The zero-order valence-corrected chi connectivity index (χ0v) is 11.7. The fraction of sp³-hybridized carbons (Fsp3) is 0.0625. The summed E-state index contributed by atoms with van der Waals surface area (Å²) in [5, 5.41) is 13.1. The number of benzene rings is 1. The van der Waals surface area contributed by atoms with Gasteiger partial charge in [-0.1, -0.05) is 18.2 Å². The molecule has 0 radical (unpaired) electrons. The smallest absolute Gasteiger partial charge is 0.295 e. The van der Waals surface area contributed by atoms with Crippen LogP contribution >= 0.6 is 0 Å². The first-order valence-corrected chi connectivity index (χ1v) is 6.54. The van der Waals surface area contributed by atoms with Gasteiger partial charge in [0.1, 0.15) is 5.76 Å². The molecule has 0 atom stereocenters. The molecule has 3 rings (SSSR count).